The normalized spacial score (nSPS) is 10.6. The number of carbonyl (C=O) groups excluding carboxylic acids is 1. The molecule has 2 aromatic carbocycles. The molecule has 0 unspecified atom stereocenters. The molecule has 0 aliphatic carbocycles. The number of benzene rings is 2. The summed E-state index contributed by atoms with van der Waals surface area (Å²) < 4.78 is 21.6. The number of nitrogens with one attached hydrogen (secondary N) is 1. The lowest BCUT2D eigenvalue weighted by Crippen LogP contribution is -2.26. The Labute approximate surface area is 182 Å². The molecular formula is C22H29ClN2O5. The van der Waals surface area contributed by atoms with Crippen LogP contribution in [0.5, 0.6) is 23.0 Å². The molecule has 0 bridgehead atoms. The fourth-order valence-corrected chi connectivity index (χ4v) is 3.04. The van der Waals surface area contributed by atoms with E-state index in [1.54, 1.807) is 18.2 Å². The van der Waals surface area contributed by atoms with E-state index >= 15 is 0 Å². The van der Waals surface area contributed by atoms with Gasteiger partial charge in [0.1, 0.15) is 5.75 Å². The third kappa shape index (κ3) is 7.31. The first kappa shape index (κ1) is 23.6. The molecule has 0 aliphatic heterocycles. The van der Waals surface area contributed by atoms with Gasteiger partial charge in [-0.05, 0) is 31.7 Å². The van der Waals surface area contributed by atoms with Crippen molar-refractivity contribution in [2.24, 2.45) is 0 Å². The quantitative estimate of drug-likeness (QED) is 0.505. The summed E-state index contributed by atoms with van der Waals surface area (Å²) in [6, 6.07) is 10.7. The number of methoxy groups -OCH3 is 3. The second kappa shape index (κ2) is 12.1. The van der Waals surface area contributed by atoms with Crippen LogP contribution in [0.1, 0.15) is 12.8 Å². The van der Waals surface area contributed by atoms with Crippen LogP contribution in [0.25, 0.3) is 0 Å². The minimum absolute atomic E-state index is 0.0914. The van der Waals surface area contributed by atoms with Gasteiger partial charge in [-0.25, -0.2) is 0 Å². The highest BCUT2D eigenvalue weighted by Gasteiger charge is 2.14. The first-order valence-electron chi connectivity index (χ1n) is 9.63. The van der Waals surface area contributed by atoms with Gasteiger partial charge in [-0.2, -0.15) is 0 Å². The van der Waals surface area contributed by atoms with Crippen LogP contribution >= 0.6 is 11.6 Å². The molecule has 2 aromatic rings. The Morgan fingerprint density at radius 1 is 1.03 bits per heavy atom. The van der Waals surface area contributed by atoms with E-state index in [2.05, 4.69) is 10.2 Å². The predicted octanol–water partition coefficient (Wildman–Crippen LogP) is 4.10. The summed E-state index contributed by atoms with van der Waals surface area (Å²) in [5.74, 6) is 2.13. The summed E-state index contributed by atoms with van der Waals surface area (Å²) in [6.07, 6.45) is 1.21. The largest absolute Gasteiger partial charge is 0.493 e. The molecule has 0 aromatic heterocycles. The van der Waals surface area contributed by atoms with E-state index in [0.717, 1.165) is 18.7 Å². The Kier molecular flexibility index (Phi) is 9.57. The fraction of sp³-hybridized carbons (Fsp3) is 0.409. The van der Waals surface area contributed by atoms with Crippen LogP contribution in [0.4, 0.5) is 5.69 Å². The van der Waals surface area contributed by atoms with E-state index in [0.29, 0.717) is 47.5 Å². The van der Waals surface area contributed by atoms with Crippen LogP contribution in [-0.4, -0.2) is 58.9 Å². The molecular weight excluding hydrogens is 408 g/mol. The summed E-state index contributed by atoms with van der Waals surface area (Å²) in [6.45, 7) is 2.04. The zero-order chi connectivity index (χ0) is 21.9. The topological polar surface area (TPSA) is 69.3 Å². The van der Waals surface area contributed by atoms with Crippen molar-refractivity contribution in [3.8, 4) is 23.0 Å². The Morgan fingerprint density at radius 3 is 2.33 bits per heavy atom. The molecule has 0 aliphatic rings. The van der Waals surface area contributed by atoms with Gasteiger partial charge in [0.05, 0.1) is 27.9 Å². The number of nitrogens with zero attached hydrogens (tertiary/aromatic N) is 1. The Morgan fingerprint density at radius 2 is 1.73 bits per heavy atom. The van der Waals surface area contributed by atoms with Gasteiger partial charge in [0.15, 0.2) is 11.5 Å². The number of anilines is 1. The minimum Gasteiger partial charge on any atom is -0.493 e. The van der Waals surface area contributed by atoms with Gasteiger partial charge < -0.3 is 29.2 Å². The van der Waals surface area contributed by atoms with Crippen LogP contribution in [-0.2, 0) is 4.79 Å². The molecule has 30 heavy (non-hydrogen) atoms. The molecule has 1 amide bonds. The fourth-order valence-electron chi connectivity index (χ4n) is 2.86. The monoisotopic (exact) mass is 436 g/mol. The number of rotatable bonds is 12. The molecule has 2 rings (SSSR count). The van der Waals surface area contributed by atoms with Crippen molar-refractivity contribution in [2.45, 2.75) is 12.8 Å². The maximum atomic E-state index is 12.3. The highest BCUT2D eigenvalue weighted by molar-refractivity contribution is 6.30. The van der Waals surface area contributed by atoms with Crippen molar-refractivity contribution >= 4 is 23.2 Å². The van der Waals surface area contributed by atoms with Gasteiger partial charge in [-0.1, -0.05) is 17.7 Å². The maximum absolute atomic E-state index is 12.3. The number of carbonyl (C=O) groups is 1. The van der Waals surface area contributed by atoms with Gasteiger partial charge in [-0.15, -0.1) is 0 Å². The molecule has 164 valence electrons. The third-order valence-electron chi connectivity index (χ3n) is 4.42. The van der Waals surface area contributed by atoms with Crippen LogP contribution in [0.2, 0.25) is 5.02 Å². The number of amides is 1. The molecule has 0 fully saturated rings. The van der Waals surface area contributed by atoms with Crippen LogP contribution < -0.4 is 24.3 Å². The van der Waals surface area contributed by atoms with Crippen LogP contribution in [0.3, 0.4) is 0 Å². The molecule has 0 saturated heterocycles. The molecule has 0 atom stereocenters. The summed E-state index contributed by atoms with van der Waals surface area (Å²) in [5, 5.41) is 3.53. The Balaban J connectivity index is 1.74. The molecule has 0 heterocycles. The van der Waals surface area contributed by atoms with Gasteiger partial charge in [-0.3, -0.25) is 4.79 Å². The van der Waals surface area contributed by atoms with Crippen molar-refractivity contribution in [3.05, 3.63) is 41.4 Å². The highest BCUT2D eigenvalue weighted by atomic mass is 35.5. The molecule has 8 heteroatoms. The molecule has 1 N–H and O–H groups in total. The summed E-state index contributed by atoms with van der Waals surface area (Å²) in [4.78, 5) is 14.4. The average Bonchev–Trinajstić information content (AvgIpc) is 2.74. The SMILES string of the molecule is COc1cc(NC(=O)CCN(C)CCCOc2cccc(Cl)c2)cc(OC)c1OC. The third-order valence-corrected chi connectivity index (χ3v) is 4.65. The van der Waals surface area contributed by atoms with E-state index in [4.69, 9.17) is 30.5 Å². The summed E-state index contributed by atoms with van der Waals surface area (Å²) in [5.41, 5.74) is 0.590. The zero-order valence-electron chi connectivity index (χ0n) is 17.9. The standard InChI is InChI=1S/C22H29ClN2O5/c1-25(10-6-12-30-18-8-5-7-16(23)13-18)11-9-21(26)24-17-14-19(27-2)22(29-4)20(15-17)28-3/h5,7-8,13-15H,6,9-12H2,1-4H3,(H,24,26). The van der Waals surface area contributed by atoms with E-state index in [9.17, 15) is 4.79 Å². The van der Waals surface area contributed by atoms with Crippen molar-refractivity contribution in [1.29, 1.82) is 0 Å². The molecule has 0 spiro atoms. The number of ether oxygens (including phenoxy) is 4. The average molecular weight is 437 g/mol. The van der Waals surface area contributed by atoms with Gasteiger partial charge in [0, 0.05) is 42.4 Å². The summed E-state index contributed by atoms with van der Waals surface area (Å²) in [7, 11) is 6.59. The maximum Gasteiger partial charge on any atom is 0.225 e. The van der Waals surface area contributed by atoms with E-state index < -0.39 is 0 Å². The minimum atomic E-state index is -0.0914. The van der Waals surface area contributed by atoms with Crippen LogP contribution in [0, 0.1) is 0 Å². The van der Waals surface area contributed by atoms with E-state index in [-0.39, 0.29) is 5.91 Å². The first-order valence-corrected chi connectivity index (χ1v) is 10.0. The lowest BCUT2D eigenvalue weighted by atomic mass is 10.2. The lowest BCUT2D eigenvalue weighted by Gasteiger charge is -2.17. The van der Waals surface area contributed by atoms with Gasteiger partial charge in [0.2, 0.25) is 11.7 Å². The highest BCUT2D eigenvalue weighted by Crippen LogP contribution is 2.39. The lowest BCUT2D eigenvalue weighted by molar-refractivity contribution is -0.116. The van der Waals surface area contributed by atoms with Crippen molar-refractivity contribution in [3.63, 3.8) is 0 Å². The van der Waals surface area contributed by atoms with Crippen LogP contribution in [0.15, 0.2) is 36.4 Å². The molecule has 7 nitrogen and oxygen atoms in total. The Hall–Kier alpha value is -2.64. The summed E-state index contributed by atoms with van der Waals surface area (Å²) >= 11 is 5.94. The van der Waals surface area contributed by atoms with Crippen molar-refractivity contribution in [2.75, 3.05) is 53.4 Å². The van der Waals surface area contributed by atoms with E-state index in [1.165, 1.54) is 21.3 Å². The smallest absolute Gasteiger partial charge is 0.225 e. The van der Waals surface area contributed by atoms with Gasteiger partial charge in [0.25, 0.3) is 0 Å². The molecule has 0 radical (unpaired) electrons. The second-order valence-corrected chi connectivity index (χ2v) is 7.11. The van der Waals surface area contributed by atoms with Crippen molar-refractivity contribution in [1.82, 2.24) is 4.90 Å². The molecule has 0 saturated carbocycles. The zero-order valence-corrected chi connectivity index (χ0v) is 18.6. The number of hydrogen-bond acceptors (Lipinski definition) is 6. The number of hydrogen-bond donors (Lipinski definition) is 1. The Bertz CT molecular complexity index is 806. The number of halogens is 1. The predicted molar refractivity (Wildman–Crippen MR) is 118 cm³/mol. The first-order chi connectivity index (χ1) is 14.5. The van der Waals surface area contributed by atoms with Crippen molar-refractivity contribution < 1.29 is 23.7 Å². The second-order valence-electron chi connectivity index (χ2n) is 6.67. The van der Waals surface area contributed by atoms with E-state index in [1.807, 2.05) is 25.2 Å². The van der Waals surface area contributed by atoms with Gasteiger partial charge >= 0.3 is 0 Å².